The molecule has 3 aromatic rings. The molecule has 5 nitrogen and oxygen atoms in total. The number of amides is 1. The second-order valence-electron chi connectivity index (χ2n) is 5.68. The molecule has 0 atom stereocenters. The number of pyridine rings is 2. The van der Waals surface area contributed by atoms with Gasteiger partial charge in [0.1, 0.15) is 5.69 Å². The van der Waals surface area contributed by atoms with Crippen LogP contribution in [0, 0.1) is 0 Å². The molecule has 114 valence electrons. The number of carbonyl (C=O) groups is 1. The topological polar surface area (TPSA) is 66.9 Å². The fraction of sp³-hybridized carbons (Fsp3) is 0.167. The van der Waals surface area contributed by atoms with E-state index < -0.39 is 0 Å². The summed E-state index contributed by atoms with van der Waals surface area (Å²) in [4.78, 5) is 21.0. The second-order valence-corrected chi connectivity index (χ2v) is 5.68. The molecule has 2 heterocycles. The SMILES string of the molecule is O=C(Nc1cccc2cccnc12)c1cc(NC2CC2)ccn1. The summed E-state index contributed by atoms with van der Waals surface area (Å²) in [6, 6.07) is 13.8. The maximum Gasteiger partial charge on any atom is 0.274 e. The zero-order chi connectivity index (χ0) is 15.6. The van der Waals surface area contributed by atoms with Crippen LogP contribution in [0.4, 0.5) is 11.4 Å². The number of nitrogens with zero attached hydrogens (tertiary/aromatic N) is 2. The molecule has 0 radical (unpaired) electrons. The van der Waals surface area contributed by atoms with Crippen LogP contribution in [0.25, 0.3) is 10.9 Å². The molecule has 1 amide bonds. The summed E-state index contributed by atoms with van der Waals surface area (Å²) in [5.74, 6) is -0.234. The Kier molecular flexibility index (Phi) is 3.38. The highest BCUT2D eigenvalue weighted by Crippen LogP contribution is 2.25. The monoisotopic (exact) mass is 304 g/mol. The number of fused-ring (bicyclic) bond motifs is 1. The van der Waals surface area contributed by atoms with Gasteiger partial charge in [-0.05, 0) is 37.1 Å². The fourth-order valence-corrected chi connectivity index (χ4v) is 2.50. The average Bonchev–Trinajstić information content (AvgIpc) is 3.39. The first-order valence-electron chi connectivity index (χ1n) is 7.67. The molecular formula is C18H16N4O. The van der Waals surface area contributed by atoms with E-state index in [2.05, 4.69) is 20.6 Å². The summed E-state index contributed by atoms with van der Waals surface area (Å²) >= 11 is 0. The van der Waals surface area contributed by atoms with Crippen LogP contribution in [-0.4, -0.2) is 21.9 Å². The van der Waals surface area contributed by atoms with Gasteiger partial charge >= 0.3 is 0 Å². The number of hydrogen-bond donors (Lipinski definition) is 2. The number of nitrogens with one attached hydrogen (secondary N) is 2. The van der Waals surface area contributed by atoms with Gasteiger partial charge in [-0.3, -0.25) is 14.8 Å². The Hall–Kier alpha value is -2.95. The summed E-state index contributed by atoms with van der Waals surface area (Å²) in [5.41, 5.74) is 2.79. The highest BCUT2D eigenvalue weighted by atomic mass is 16.1. The summed E-state index contributed by atoms with van der Waals surface area (Å²) in [7, 11) is 0. The standard InChI is InChI=1S/C18H16N4O/c23-18(16-11-14(8-10-19-16)21-13-6-7-13)22-15-5-1-3-12-4-2-9-20-17(12)15/h1-5,8-11,13H,6-7H2,(H,19,21)(H,22,23). The molecule has 0 saturated heterocycles. The molecule has 5 heteroatoms. The van der Waals surface area contributed by atoms with Gasteiger partial charge in [-0.2, -0.15) is 0 Å². The Morgan fingerprint density at radius 2 is 1.91 bits per heavy atom. The molecule has 1 fully saturated rings. The van der Waals surface area contributed by atoms with Crippen molar-refractivity contribution in [3.63, 3.8) is 0 Å². The van der Waals surface area contributed by atoms with Gasteiger partial charge in [0.2, 0.25) is 0 Å². The van der Waals surface area contributed by atoms with Crippen molar-refractivity contribution in [2.45, 2.75) is 18.9 Å². The van der Waals surface area contributed by atoms with Crippen molar-refractivity contribution in [1.29, 1.82) is 0 Å². The predicted octanol–water partition coefficient (Wildman–Crippen LogP) is 3.46. The smallest absolute Gasteiger partial charge is 0.274 e. The number of aromatic nitrogens is 2. The van der Waals surface area contributed by atoms with Crippen molar-refractivity contribution in [2.75, 3.05) is 10.6 Å². The second kappa shape index (κ2) is 5.68. The summed E-state index contributed by atoms with van der Waals surface area (Å²) in [6.07, 6.45) is 5.74. The number of carbonyl (C=O) groups excluding carboxylic acids is 1. The number of para-hydroxylation sites is 1. The van der Waals surface area contributed by atoms with E-state index in [0.717, 1.165) is 16.6 Å². The van der Waals surface area contributed by atoms with Crippen LogP contribution in [-0.2, 0) is 0 Å². The van der Waals surface area contributed by atoms with Crippen molar-refractivity contribution in [3.05, 3.63) is 60.6 Å². The normalized spacial score (nSPS) is 13.7. The third-order valence-electron chi connectivity index (χ3n) is 3.82. The number of hydrogen-bond acceptors (Lipinski definition) is 4. The molecular weight excluding hydrogens is 288 g/mol. The minimum absolute atomic E-state index is 0.234. The van der Waals surface area contributed by atoms with Crippen molar-refractivity contribution in [2.24, 2.45) is 0 Å². The van der Waals surface area contributed by atoms with Crippen LogP contribution in [0.3, 0.4) is 0 Å². The molecule has 1 aliphatic rings. The number of anilines is 2. The van der Waals surface area contributed by atoms with Gasteiger partial charge in [0.25, 0.3) is 5.91 Å². The lowest BCUT2D eigenvalue weighted by molar-refractivity contribution is 0.102. The van der Waals surface area contributed by atoms with Gasteiger partial charge in [0, 0.05) is 29.5 Å². The Morgan fingerprint density at radius 3 is 2.78 bits per heavy atom. The van der Waals surface area contributed by atoms with Crippen molar-refractivity contribution < 1.29 is 4.79 Å². The highest BCUT2D eigenvalue weighted by Gasteiger charge is 2.21. The Balaban J connectivity index is 1.59. The molecule has 1 aliphatic carbocycles. The fourth-order valence-electron chi connectivity index (χ4n) is 2.50. The summed E-state index contributed by atoms with van der Waals surface area (Å²) in [5, 5.41) is 7.27. The van der Waals surface area contributed by atoms with Gasteiger partial charge in [0.05, 0.1) is 11.2 Å². The first-order valence-corrected chi connectivity index (χ1v) is 7.67. The summed E-state index contributed by atoms with van der Waals surface area (Å²) in [6.45, 7) is 0. The largest absolute Gasteiger partial charge is 0.382 e. The van der Waals surface area contributed by atoms with Gasteiger partial charge in [-0.25, -0.2) is 0 Å². The molecule has 0 aliphatic heterocycles. The van der Waals surface area contributed by atoms with Crippen molar-refractivity contribution >= 4 is 28.2 Å². The Labute approximate surface area is 133 Å². The van der Waals surface area contributed by atoms with E-state index in [1.165, 1.54) is 12.8 Å². The molecule has 0 bridgehead atoms. The van der Waals surface area contributed by atoms with Crippen LogP contribution in [0.2, 0.25) is 0 Å². The predicted molar refractivity (Wildman–Crippen MR) is 90.6 cm³/mol. The Morgan fingerprint density at radius 1 is 1.04 bits per heavy atom. The van der Waals surface area contributed by atoms with E-state index in [4.69, 9.17) is 0 Å². The van der Waals surface area contributed by atoms with Gasteiger partial charge in [-0.1, -0.05) is 18.2 Å². The Bertz CT molecular complexity index is 868. The van der Waals surface area contributed by atoms with Crippen LogP contribution >= 0.6 is 0 Å². The first-order chi connectivity index (χ1) is 11.3. The minimum atomic E-state index is -0.234. The molecule has 0 unspecified atom stereocenters. The number of benzene rings is 1. The zero-order valence-corrected chi connectivity index (χ0v) is 12.5. The molecule has 1 saturated carbocycles. The highest BCUT2D eigenvalue weighted by molar-refractivity contribution is 6.07. The zero-order valence-electron chi connectivity index (χ0n) is 12.5. The maximum absolute atomic E-state index is 12.5. The maximum atomic E-state index is 12.5. The van der Waals surface area contributed by atoms with Gasteiger partial charge < -0.3 is 10.6 Å². The van der Waals surface area contributed by atoms with Gasteiger partial charge in [0.15, 0.2) is 0 Å². The third-order valence-corrected chi connectivity index (χ3v) is 3.82. The third kappa shape index (κ3) is 2.99. The molecule has 2 N–H and O–H groups in total. The molecule has 23 heavy (non-hydrogen) atoms. The van der Waals surface area contributed by atoms with E-state index >= 15 is 0 Å². The minimum Gasteiger partial charge on any atom is -0.382 e. The first kappa shape index (κ1) is 13.7. The summed E-state index contributed by atoms with van der Waals surface area (Å²) < 4.78 is 0. The van der Waals surface area contributed by atoms with Crippen LogP contribution in [0.1, 0.15) is 23.3 Å². The number of rotatable bonds is 4. The lowest BCUT2D eigenvalue weighted by Crippen LogP contribution is -2.14. The van der Waals surface area contributed by atoms with Crippen LogP contribution < -0.4 is 10.6 Å². The van der Waals surface area contributed by atoms with Crippen LogP contribution in [0.5, 0.6) is 0 Å². The van der Waals surface area contributed by atoms with E-state index in [1.54, 1.807) is 18.5 Å². The van der Waals surface area contributed by atoms with E-state index in [-0.39, 0.29) is 5.91 Å². The lowest BCUT2D eigenvalue weighted by Gasteiger charge is -2.09. The van der Waals surface area contributed by atoms with Crippen molar-refractivity contribution in [3.8, 4) is 0 Å². The molecule has 2 aromatic heterocycles. The lowest BCUT2D eigenvalue weighted by atomic mass is 10.2. The van der Waals surface area contributed by atoms with Crippen molar-refractivity contribution in [1.82, 2.24) is 9.97 Å². The molecule has 4 rings (SSSR count). The van der Waals surface area contributed by atoms with E-state index in [1.807, 2.05) is 36.4 Å². The van der Waals surface area contributed by atoms with Gasteiger partial charge in [-0.15, -0.1) is 0 Å². The molecule has 0 spiro atoms. The molecule has 1 aromatic carbocycles. The van der Waals surface area contributed by atoms with Crippen LogP contribution in [0.15, 0.2) is 54.9 Å². The van der Waals surface area contributed by atoms with E-state index in [0.29, 0.717) is 17.4 Å². The quantitative estimate of drug-likeness (QED) is 0.774. The average molecular weight is 304 g/mol. The van der Waals surface area contributed by atoms with E-state index in [9.17, 15) is 4.79 Å².